The summed E-state index contributed by atoms with van der Waals surface area (Å²) in [6.07, 6.45) is 4.18. The van der Waals surface area contributed by atoms with E-state index in [1.807, 2.05) is 69.6 Å². The first-order chi connectivity index (χ1) is 14.9. The fourth-order valence-electron chi connectivity index (χ4n) is 4.86. The molecule has 0 radical (unpaired) electrons. The van der Waals surface area contributed by atoms with Gasteiger partial charge in [0.1, 0.15) is 13.1 Å². The van der Waals surface area contributed by atoms with Crippen molar-refractivity contribution >= 4 is 23.2 Å². The van der Waals surface area contributed by atoms with Crippen molar-refractivity contribution in [3.63, 3.8) is 0 Å². The Balaban J connectivity index is 1.67. The summed E-state index contributed by atoms with van der Waals surface area (Å²) in [6.45, 7) is 7.95. The van der Waals surface area contributed by atoms with E-state index in [9.17, 15) is 9.59 Å². The van der Waals surface area contributed by atoms with Gasteiger partial charge in [-0.3, -0.25) is 9.59 Å². The van der Waals surface area contributed by atoms with E-state index >= 15 is 0 Å². The first kappa shape index (κ1) is 21.2. The maximum Gasteiger partial charge on any atom is 0.392 e. The monoisotopic (exact) mass is 420 g/mol. The van der Waals surface area contributed by atoms with Crippen molar-refractivity contribution in [1.29, 1.82) is 0 Å². The Kier molecular flexibility index (Phi) is 5.92. The highest BCUT2D eigenvalue weighted by Crippen LogP contribution is 2.28. The highest BCUT2D eigenvalue weighted by atomic mass is 16.2. The van der Waals surface area contributed by atoms with Gasteiger partial charge in [0.15, 0.2) is 17.9 Å². The molecule has 6 heteroatoms. The summed E-state index contributed by atoms with van der Waals surface area (Å²) in [4.78, 5) is 27.6. The van der Waals surface area contributed by atoms with Crippen LogP contribution in [0.3, 0.4) is 0 Å². The van der Waals surface area contributed by atoms with Gasteiger partial charge < -0.3 is 10.6 Å². The third-order valence-corrected chi connectivity index (χ3v) is 6.47. The summed E-state index contributed by atoms with van der Waals surface area (Å²) in [5.74, 6) is 0.908. The Hall–Kier alpha value is -2.99. The molecule has 1 aromatic carbocycles. The molecule has 0 aliphatic carbocycles. The number of aryl methyl sites for hydroxylation is 1. The highest BCUT2D eigenvalue weighted by molar-refractivity contribution is 5.93. The van der Waals surface area contributed by atoms with Crippen LogP contribution < -0.4 is 20.1 Å². The van der Waals surface area contributed by atoms with Gasteiger partial charge in [0.05, 0.1) is 11.7 Å². The molecule has 0 saturated carbocycles. The topological polar surface area (TPSA) is 66.5 Å². The minimum atomic E-state index is -0.547. The number of Topliss-reactive ketones (excluding diaryl/α,β-unsaturated/α-hetero) is 1. The Morgan fingerprint density at radius 3 is 2.65 bits per heavy atom. The van der Waals surface area contributed by atoms with Crippen LogP contribution in [0.15, 0.2) is 60.9 Å². The minimum Gasteiger partial charge on any atom is -0.345 e. The number of fused-ring (bicyclic) bond motifs is 3. The Bertz CT molecular complexity index is 1000. The predicted molar refractivity (Wildman–Crippen MR) is 120 cm³/mol. The summed E-state index contributed by atoms with van der Waals surface area (Å²) < 4.78 is 2.08. The van der Waals surface area contributed by atoms with E-state index in [4.69, 9.17) is 0 Å². The number of aromatic nitrogens is 1. The molecule has 4 unspecified atom stereocenters. The molecule has 2 aromatic rings. The Morgan fingerprint density at radius 1 is 1.19 bits per heavy atom. The van der Waals surface area contributed by atoms with Crippen LogP contribution in [0.4, 0.5) is 11.5 Å². The van der Waals surface area contributed by atoms with Gasteiger partial charge in [0, 0.05) is 31.2 Å². The van der Waals surface area contributed by atoms with E-state index in [1.165, 1.54) is 0 Å². The van der Waals surface area contributed by atoms with Crippen molar-refractivity contribution in [1.82, 2.24) is 5.32 Å². The van der Waals surface area contributed by atoms with Crippen LogP contribution in [0.2, 0.25) is 0 Å². The van der Waals surface area contributed by atoms with Crippen LogP contribution in [0.25, 0.3) is 0 Å². The number of hydrogen-bond acceptors (Lipinski definition) is 3. The first-order valence-electron chi connectivity index (χ1n) is 11.1. The quantitative estimate of drug-likeness (QED) is 0.620. The number of anilines is 1. The molecule has 1 aromatic heterocycles. The summed E-state index contributed by atoms with van der Waals surface area (Å²) in [5, 5.41) is 6.47. The molecular formula is C25H32N4O2+2. The lowest BCUT2D eigenvalue weighted by atomic mass is 9.95. The van der Waals surface area contributed by atoms with E-state index in [0.717, 1.165) is 40.5 Å². The highest BCUT2D eigenvalue weighted by Gasteiger charge is 2.53. The molecule has 4 atom stereocenters. The van der Waals surface area contributed by atoms with E-state index in [0.29, 0.717) is 6.42 Å². The average molecular weight is 421 g/mol. The molecule has 162 valence electrons. The molecule has 4 rings (SSSR count). The fourth-order valence-corrected chi connectivity index (χ4v) is 4.86. The summed E-state index contributed by atoms with van der Waals surface area (Å²) in [7, 11) is 2.01. The van der Waals surface area contributed by atoms with Crippen LogP contribution in [0.5, 0.6) is 0 Å². The number of hydrogen-bond donors (Lipinski definition) is 3. The maximum absolute atomic E-state index is 13.9. The number of quaternary nitrogens is 1. The number of carbonyl (C=O) groups excluding carboxylic acids is 2. The number of carbonyl (C=O) groups is 2. The van der Waals surface area contributed by atoms with Crippen LogP contribution >= 0.6 is 0 Å². The number of nitrogens with zero attached hydrogens (tertiary/aromatic N) is 1. The molecule has 1 fully saturated rings. The van der Waals surface area contributed by atoms with E-state index < -0.39 is 6.04 Å². The van der Waals surface area contributed by atoms with Crippen LogP contribution in [0, 0.1) is 5.92 Å². The zero-order valence-electron chi connectivity index (χ0n) is 18.5. The third-order valence-electron chi connectivity index (χ3n) is 6.47. The van der Waals surface area contributed by atoms with Gasteiger partial charge in [-0.2, -0.15) is 4.57 Å². The van der Waals surface area contributed by atoms with Gasteiger partial charge in [-0.1, -0.05) is 50.8 Å². The number of nitrogens with one attached hydrogen (secondary N) is 3. The number of benzene rings is 1. The standard InChI is InChI=1S/C25H30N4O2/c1-16(2)24(31)27-20(15-18-9-6-5-7-10-18)23(30)22-13-12-21-17(3)26-19-11-8-14-28(4)25(19)29(21)22/h5-11,14,16,20-22,26H,3,12-13,15H2,1-2,4H3/p+2. The van der Waals surface area contributed by atoms with Crippen LogP contribution in [-0.4, -0.2) is 29.8 Å². The molecule has 6 nitrogen and oxygen atoms in total. The smallest absolute Gasteiger partial charge is 0.345 e. The van der Waals surface area contributed by atoms with Crippen LogP contribution in [-0.2, 0) is 23.1 Å². The van der Waals surface area contributed by atoms with Gasteiger partial charge in [-0.25, -0.2) is 4.90 Å². The second-order valence-corrected chi connectivity index (χ2v) is 8.98. The lowest BCUT2D eigenvalue weighted by molar-refractivity contribution is -0.921. The molecule has 31 heavy (non-hydrogen) atoms. The van der Waals surface area contributed by atoms with Gasteiger partial charge in [0.25, 0.3) is 0 Å². The predicted octanol–water partition coefficient (Wildman–Crippen LogP) is 1.45. The maximum atomic E-state index is 13.9. The molecular weight excluding hydrogens is 388 g/mol. The number of amides is 1. The van der Waals surface area contributed by atoms with Crippen molar-refractivity contribution < 1.29 is 19.1 Å². The Labute approximate surface area is 184 Å². The fraction of sp³-hybridized carbons (Fsp3) is 0.400. The van der Waals surface area contributed by atoms with E-state index in [1.54, 1.807) is 0 Å². The zero-order chi connectivity index (χ0) is 22.1. The molecule has 3 heterocycles. The first-order valence-corrected chi connectivity index (χ1v) is 11.1. The van der Waals surface area contributed by atoms with Crippen molar-refractivity contribution in [3.05, 3.63) is 66.5 Å². The molecule has 3 N–H and O–H groups in total. The van der Waals surface area contributed by atoms with E-state index in [2.05, 4.69) is 21.8 Å². The summed E-state index contributed by atoms with van der Waals surface area (Å²) in [6, 6.07) is 13.3. The number of rotatable bonds is 6. The average Bonchev–Trinajstić information content (AvgIpc) is 3.19. The molecule has 2 aliphatic heterocycles. The second-order valence-electron chi connectivity index (χ2n) is 8.98. The molecule has 2 aliphatic rings. The van der Waals surface area contributed by atoms with Gasteiger partial charge >= 0.3 is 5.82 Å². The molecule has 1 saturated heterocycles. The van der Waals surface area contributed by atoms with Gasteiger partial charge in [0.2, 0.25) is 11.7 Å². The largest absolute Gasteiger partial charge is 0.392 e. The normalized spacial score (nSPS) is 23.0. The summed E-state index contributed by atoms with van der Waals surface area (Å²) in [5.41, 5.74) is 2.99. The zero-order valence-corrected chi connectivity index (χ0v) is 18.5. The van der Waals surface area contributed by atoms with Gasteiger partial charge in [-0.15, -0.1) is 0 Å². The van der Waals surface area contributed by atoms with Crippen molar-refractivity contribution in [3.8, 4) is 0 Å². The molecule has 0 bridgehead atoms. The SMILES string of the molecule is C=C1Nc2ccc[n+](C)c2[NH+]2C1CCC2C(=O)C(Cc1ccccc1)NC(=O)C(C)C. The molecule has 1 amide bonds. The summed E-state index contributed by atoms with van der Waals surface area (Å²) >= 11 is 0. The van der Waals surface area contributed by atoms with Gasteiger partial charge in [-0.05, 0) is 11.6 Å². The van der Waals surface area contributed by atoms with E-state index in [-0.39, 0.29) is 29.7 Å². The number of ketones is 1. The third kappa shape index (κ3) is 4.12. The lowest BCUT2D eigenvalue weighted by Gasteiger charge is -2.31. The van der Waals surface area contributed by atoms with Crippen LogP contribution in [0.1, 0.15) is 32.3 Å². The number of pyridine rings is 1. The molecule has 0 spiro atoms. The Morgan fingerprint density at radius 2 is 1.94 bits per heavy atom. The lowest BCUT2D eigenvalue weighted by Crippen LogP contribution is -3.16. The van der Waals surface area contributed by atoms with Crippen molar-refractivity contribution in [2.24, 2.45) is 13.0 Å². The second kappa shape index (κ2) is 8.63. The minimum absolute atomic E-state index is 0.0884. The van der Waals surface area contributed by atoms with Crippen molar-refractivity contribution in [2.45, 2.75) is 51.2 Å². The van der Waals surface area contributed by atoms with Crippen molar-refractivity contribution in [2.75, 3.05) is 5.32 Å².